The van der Waals surface area contributed by atoms with Gasteiger partial charge < -0.3 is 0 Å². The van der Waals surface area contributed by atoms with Crippen LogP contribution in [0.25, 0.3) is 0 Å². The first-order valence-electron chi connectivity index (χ1n) is 6.38. The number of rotatable bonds is 2. The Kier molecular flexibility index (Phi) is 4.23. The third kappa shape index (κ3) is 2.96. The summed E-state index contributed by atoms with van der Waals surface area (Å²) in [5.41, 5.74) is 7.12. The van der Waals surface area contributed by atoms with Crippen molar-refractivity contribution < 1.29 is 0 Å². The van der Waals surface area contributed by atoms with Crippen molar-refractivity contribution in [2.24, 2.45) is 0 Å². The Labute approximate surface area is 125 Å². The highest BCUT2D eigenvalue weighted by Gasteiger charge is 2.16. The Bertz CT molecular complexity index is 592. The molecule has 1 atom stereocenters. The molecule has 2 aromatic rings. The van der Waals surface area contributed by atoms with E-state index in [4.69, 9.17) is 23.2 Å². The lowest BCUT2D eigenvalue weighted by molar-refractivity contribution is 1.07. The molecule has 19 heavy (non-hydrogen) atoms. The Morgan fingerprint density at radius 3 is 1.95 bits per heavy atom. The normalized spacial score (nSPS) is 12.5. The van der Waals surface area contributed by atoms with Crippen molar-refractivity contribution in [1.82, 2.24) is 0 Å². The van der Waals surface area contributed by atoms with E-state index in [0.717, 1.165) is 16.1 Å². The first kappa shape index (κ1) is 14.4. The van der Waals surface area contributed by atoms with Crippen molar-refractivity contribution in [2.45, 2.75) is 33.1 Å². The van der Waals surface area contributed by atoms with Gasteiger partial charge in [-0.25, -0.2) is 0 Å². The maximum Gasteiger partial charge on any atom is 0.0840 e. The van der Waals surface area contributed by atoms with Crippen LogP contribution >= 0.6 is 23.2 Å². The molecule has 0 aliphatic carbocycles. The van der Waals surface area contributed by atoms with Gasteiger partial charge in [-0.1, -0.05) is 41.4 Å². The SMILES string of the molecule is Cc1cc(C)c(C(Cl)c2ccc(Cl)c(C)c2)c(C)c1. The molecule has 0 nitrogen and oxygen atoms in total. The Morgan fingerprint density at radius 2 is 1.42 bits per heavy atom. The Morgan fingerprint density at radius 1 is 0.842 bits per heavy atom. The van der Waals surface area contributed by atoms with Gasteiger partial charge in [0.1, 0.15) is 0 Å². The van der Waals surface area contributed by atoms with Gasteiger partial charge in [-0.3, -0.25) is 0 Å². The fourth-order valence-corrected chi connectivity index (χ4v) is 3.18. The van der Waals surface area contributed by atoms with Gasteiger partial charge in [0, 0.05) is 5.02 Å². The van der Waals surface area contributed by atoms with E-state index in [1.807, 2.05) is 19.1 Å². The van der Waals surface area contributed by atoms with Crippen molar-refractivity contribution in [3.8, 4) is 0 Å². The molecule has 1 unspecified atom stereocenters. The molecule has 0 heterocycles. The number of benzene rings is 2. The van der Waals surface area contributed by atoms with E-state index in [0.29, 0.717) is 0 Å². The van der Waals surface area contributed by atoms with Crippen LogP contribution < -0.4 is 0 Å². The number of halogens is 2. The molecule has 0 saturated carbocycles. The van der Waals surface area contributed by atoms with Gasteiger partial charge in [0.25, 0.3) is 0 Å². The van der Waals surface area contributed by atoms with Gasteiger partial charge in [0.2, 0.25) is 0 Å². The number of hydrogen-bond acceptors (Lipinski definition) is 0. The third-order valence-corrected chi connectivity index (χ3v) is 4.36. The molecular formula is C17H18Cl2. The Hall–Kier alpha value is -0.980. The molecule has 0 aliphatic heterocycles. The lowest BCUT2D eigenvalue weighted by Crippen LogP contribution is -2.01. The lowest BCUT2D eigenvalue weighted by atomic mass is 9.93. The Balaban J connectivity index is 2.49. The largest absolute Gasteiger partial charge is 0.113 e. The van der Waals surface area contributed by atoms with E-state index >= 15 is 0 Å². The van der Waals surface area contributed by atoms with Crippen LogP contribution in [0.1, 0.15) is 38.8 Å². The monoisotopic (exact) mass is 292 g/mol. The summed E-state index contributed by atoms with van der Waals surface area (Å²) in [6, 6.07) is 10.4. The highest BCUT2D eigenvalue weighted by Crippen LogP contribution is 2.35. The fourth-order valence-electron chi connectivity index (χ4n) is 2.58. The minimum absolute atomic E-state index is 0.128. The number of aryl methyl sites for hydroxylation is 4. The summed E-state index contributed by atoms with van der Waals surface area (Å²) in [6.07, 6.45) is 0. The van der Waals surface area contributed by atoms with Crippen LogP contribution in [0.3, 0.4) is 0 Å². The first-order chi connectivity index (χ1) is 8.90. The molecule has 2 rings (SSSR count). The zero-order valence-corrected chi connectivity index (χ0v) is 13.2. The standard InChI is InChI=1S/C17H18Cl2/c1-10-7-12(3)16(13(4)8-10)17(19)14-5-6-15(18)11(2)9-14/h5-9,17H,1-4H3. The third-order valence-electron chi connectivity index (χ3n) is 3.47. The van der Waals surface area contributed by atoms with Crippen molar-refractivity contribution in [3.63, 3.8) is 0 Å². The lowest BCUT2D eigenvalue weighted by Gasteiger charge is -2.18. The van der Waals surface area contributed by atoms with Crippen molar-refractivity contribution in [1.29, 1.82) is 0 Å². The topological polar surface area (TPSA) is 0 Å². The molecule has 0 N–H and O–H groups in total. The quantitative estimate of drug-likeness (QED) is 0.604. The highest BCUT2D eigenvalue weighted by molar-refractivity contribution is 6.31. The smallest absolute Gasteiger partial charge is 0.0840 e. The molecule has 0 aromatic heterocycles. The van der Waals surface area contributed by atoms with Crippen LogP contribution in [0.5, 0.6) is 0 Å². The van der Waals surface area contributed by atoms with Gasteiger partial charge in [-0.15, -0.1) is 11.6 Å². The van der Waals surface area contributed by atoms with Gasteiger partial charge >= 0.3 is 0 Å². The van der Waals surface area contributed by atoms with Gasteiger partial charge in [0.05, 0.1) is 5.38 Å². The molecule has 0 bridgehead atoms. The molecule has 2 aromatic carbocycles. The summed E-state index contributed by atoms with van der Waals surface area (Å²) in [5.74, 6) is 0. The molecule has 100 valence electrons. The molecule has 0 aliphatic rings. The van der Waals surface area contributed by atoms with Crippen molar-refractivity contribution >= 4 is 23.2 Å². The zero-order valence-electron chi connectivity index (χ0n) is 11.7. The predicted molar refractivity (Wildman–Crippen MR) is 84.5 cm³/mol. The minimum atomic E-state index is -0.128. The summed E-state index contributed by atoms with van der Waals surface area (Å²) in [5, 5.41) is 0.654. The molecule has 0 fully saturated rings. The van der Waals surface area contributed by atoms with E-state index in [-0.39, 0.29) is 5.38 Å². The van der Waals surface area contributed by atoms with E-state index in [2.05, 4.69) is 39.0 Å². The number of hydrogen-bond donors (Lipinski definition) is 0. The molecule has 0 saturated heterocycles. The molecule has 0 radical (unpaired) electrons. The summed E-state index contributed by atoms with van der Waals surface area (Å²) in [7, 11) is 0. The second-order valence-corrected chi connectivity index (χ2v) is 6.03. The van der Waals surface area contributed by atoms with E-state index in [1.54, 1.807) is 0 Å². The molecule has 2 heteroatoms. The van der Waals surface area contributed by atoms with Crippen molar-refractivity contribution in [2.75, 3.05) is 0 Å². The second kappa shape index (κ2) is 5.56. The van der Waals surface area contributed by atoms with Crippen LogP contribution in [-0.4, -0.2) is 0 Å². The molecule has 0 amide bonds. The van der Waals surface area contributed by atoms with Crippen LogP contribution in [0.2, 0.25) is 5.02 Å². The van der Waals surface area contributed by atoms with E-state index in [9.17, 15) is 0 Å². The second-order valence-electron chi connectivity index (χ2n) is 5.18. The van der Waals surface area contributed by atoms with Crippen LogP contribution in [-0.2, 0) is 0 Å². The summed E-state index contributed by atoms with van der Waals surface area (Å²) in [6.45, 7) is 8.35. The van der Waals surface area contributed by atoms with E-state index in [1.165, 1.54) is 22.3 Å². The summed E-state index contributed by atoms with van der Waals surface area (Å²) >= 11 is 12.7. The van der Waals surface area contributed by atoms with Gasteiger partial charge in [-0.2, -0.15) is 0 Å². The van der Waals surface area contributed by atoms with E-state index < -0.39 is 0 Å². The maximum atomic E-state index is 6.68. The van der Waals surface area contributed by atoms with Crippen LogP contribution in [0.4, 0.5) is 0 Å². The predicted octanol–water partition coefficient (Wildman–Crippen LogP) is 5.90. The molecule has 0 spiro atoms. The van der Waals surface area contributed by atoms with Crippen molar-refractivity contribution in [3.05, 3.63) is 68.7 Å². The first-order valence-corrected chi connectivity index (χ1v) is 7.19. The average molecular weight is 293 g/mol. The number of alkyl halides is 1. The van der Waals surface area contributed by atoms with Crippen LogP contribution in [0.15, 0.2) is 30.3 Å². The zero-order chi connectivity index (χ0) is 14.2. The van der Waals surface area contributed by atoms with Crippen LogP contribution in [0, 0.1) is 27.7 Å². The maximum absolute atomic E-state index is 6.68. The average Bonchev–Trinajstić information content (AvgIpc) is 2.31. The van der Waals surface area contributed by atoms with Gasteiger partial charge in [-0.05, 0) is 61.6 Å². The summed E-state index contributed by atoms with van der Waals surface area (Å²) < 4.78 is 0. The fraction of sp³-hybridized carbons (Fsp3) is 0.294. The molecular weight excluding hydrogens is 275 g/mol. The minimum Gasteiger partial charge on any atom is -0.113 e. The highest BCUT2D eigenvalue weighted by atomic mass is 35.5. The summed E-state index contributed by atoms with van der Waals surface area (Å²) in [4.78, 5) is 0. The van der Waals surface area contributed by atoms with Gasteiger partial charge in [0.15, 0.2) is 0 Å².